The van der Waals surface area contributed by atoms with Gasteiger partial charge >= 0.3 is 11.9 Å². The highest BCUT2D eigenvalue weighted by molar-refractivity contribution is 6.32. The van der Waals surface area contributed by atoms with Gasteiger partial charge in [0.2, 0.25) is 0 Å². The minimum atomic E-state index is -0.833. The van der Waals surface area contributed by atoms with Crippen molar-refractivity contribution < 1.29 is 14.3 Å². The molecule has 4 heteroatoms. The second-order valence-corrected chi connectivity index (χ2v) is 3.97. The zero-order valence-electron chi connectivity index (χ0n) is 10.9. The van der Waals surface area contributed by atoms with Gasteiger partial charge in [-0.2, -0.15) is 0 Å². The van der Waals surface area contributed by atoms with Crippen molar-refractivity contribution in [1.82, 2.24) is 5.32 Å². The molecule has 0 aliphatic rings. The first-order valence-electron chi connectivity index (χ1n) is 6.20. The molecule has 0 saturated heterocycles. The van der Waals surface area contributed by atoms with E-state index in [9.17, 15) is 9.59 Å². The summed E-state index contributed by atoms with van der Waals surface area (Å²) < 4.78 is 4.59. The van der Waals surface area contributed by atoms with E-state index in [-0.39, 0.29) is 6.61 Å². The normalized spacial score (nSPS) is 9.89. The van der Waals surface area contributed by atoms with Gasteiger partial charge in [0, 0.05) is 6.54 Å². The van der Waals surface area contributed by atoms with Crippen LogP contribution in [0.3, 0.4) is 0 Å². The molecule has 0 heterocycles. The van der Waals surface area contributed by atoms with E-state index in [0.717, 1.165) is 18.4 Å². The molecule has 0 aliphatic carbocycles. The molecule has 1 aromatic carbocycles. The van der Waals surface area contributed by atoms with Gasteiger partial charge in [-0.1, -0.05) is 37.6 Å². The van der Waals surface area contributed by atoms with Crippen LogP contribution in [-0.4, -0.2) is 18.5 Å². The van der Waals surface area contributed by atoms with E-state index in [2.05, 4.69) is 17.0 Å². The fraction of sp³-hybridized carbons (Fsp3) is 0.429. The Morgan fingerprint density at radius 3 is 2.28 bits per heavy atom. The average molecular weight is 249 g/mol. The van der Waals surface area contributed by atoms with Crippen molar-refractivity contribution in [2.24, 2.45) is 0 Å². The van der Waals surface area contributed by atoms with Gasteiger partial charge in [0.25, 0.3) is 0 Å². The summed E-state index contributed by atoms with van der Waals surface area (Å²) in [6.07, 6.45) is 2.16. The van der Waals surface area contributed by atoms with E-state index in [4.69, 9.17) is 0 Å². The SMILES string of the molecule is CCCc1ccc(CNC(=O)C(=O)OCC)cc1. The Balaban J connectivity index is 2.43. The van der Waals surface area contributed by atoms with E-state index in [0.29, 0.717) is 6.54 Å². The zero-order chi connectivity index (χ0) is 13.4. The van der Waals surface area contributed by atoms with Crippen molar-refractivity contribution in [3.63, 3.8) is 0 Å². The fourth-order valence-electron chi connectivity index (χ4n) is 1.56. The minimum Gasteiger partial charge on any atom is -0.459 e. The van der Waals surface area contributed by atoms with Crippen LogP contribution in [0.2, 0.25) is 0 Å². The summed E-state index contributed by atoms with van der Waals surface area (Å²) >= 11 is 0. The van der Waals surface area contributed by atoms with Crippen molar-refractivity contribution in [2.45, 2.75) is 33.2 Å². The molecular weight excluding hydrogens is 230 g/mol. The monoisotopic (exact) mass is 249 g/mol. The second kappa shape index (κ2) is 7.48. The highest BCUT2D eigenvalue weighted by Gasteiger charge is 2.13. The summed E-state index contributed by atoms with van der Waals surface area (Å²) in [5, 5.41) is 2.52. The smallest absolute Gasteiger partial charge is 0.396 e. The molecule has 0 radical (unpaired) electrons. The predicted octanol–water partition coefficient (Wildman–Crippen LogP) is 1.82. The molecular formula is C14H19NO3. The first-order chi connectivity index (χ1) is 8.67. The molecule has 18 heavy (non-hydrogen) atoms. The number of amides is 1. The van der Waals surface area contributed by atoms with Crippen molar-refractivity contribution >= 4 is 11.9 Å². The fourth-order valence-corrected chi connectivity index (χ4v) is 1.56. The highest BCUT2D eigenvalue weighted by Crippen LogP contribution is 2.06. The van der Waals surface area contributed by atoms with Crippen LogP contribution in [-0.2, 0) is 27.3 Å². The molecule has 0 fully saturated rings. The van der Waals surface area contributed by atoms with Gasteiger partial charge in [-0.3, -0.25) is 4.79 Å². The number of ether oxygens (including phenoxy) is 1. The Bertz CT molecular complexity index is 398. The topological polar surface area (TPSA) is 55.4 Å². The van der Waals surface area contributed by atoms with Gasteiger partial charge in [-0.15, -0.1) is 0 Å². The molecule has 1 N–H and O–H groups in total. The third-order valence-electron chi connectivity index (χ3n) is 2.48. The standard InChI is InChI=1S/C14H19NO3/c1-3-5-11-6-8-12(9-7-11)10-15-13(16)14(17)18-4-2/h6-9H,3-5,10H2,1-2H3,(H,15,16). The Morgan fingerprint density at radius 2 is 1.72 bits per heavy atom. The third kappa shape index (κ3) is 4.57. The molecule has 0 saturated carbocycles. The minimum absolute atomic E-state index is 0.206. The Kier molecular flexibility index (Phi) is 5.91. The number of carbonyl (C=O) groups excluding carboxylic acids is 2. The largest absolute Gasteiger partial charge is 0.459 e. The number of aryl methyl sites for hydroxylation is 1. The van der Waals surface area contributed by atoms with Gasteiger partial charge in [0.15, 0.2) is 0 Å². The van der Waals surface area contributed by atoms with Crippen molar-refractivity contribution in [1.29, 1.82) is 0 Å². The van der Waals surface area contributed by atoms with Crippen LogP contribution in [0.15, 0.2) is 24.3 Å². The predicted molar refractivity (Wildman–Crippen MR) is 68.9 cm³/mol. The molecule has 1 amide bonds. The van der Waals surface area contributed by atoms with E-state index < -0.39 is 11.9 Å². The maximum atomic E-state index is 11.3. The van der Waals surface area contributed by atoms with Gasteiger partial charge < -0.3 is 10.1 Å². The zero-order valence-corrected chi connectivity index (χ0v) is 10.9. The van der Waals surface area contributed by atoms with E-state index in [1.165, 1.54) is 5.56 Å². The molecule has 0 bridgehead atoms. The van der Waals surface area contributed by atoms with E-state index in [1.54, 1.807) is 6.92 Å². The number of esters is 1. The van der Waals surface area contributed by atoms with E-state index >= 15 is 0 Å². The molecule has 0 spiro atoms. The first kappa shape index (κ1) is 14.2. The van der Waals surface area contributed by atoms with Crippen LogP contribution in [0, 0.1) is 0 Å². The summed E-state index contributed by atoms with van der Waals surface area (Å²) in [5.74, 6) is -1.53. The summed E-state index contributed by atoms with van der Waals surface area (Å²) in [6, 6.07) is 7.98. The number of hydrogen-bond acceptors (Lipinski definition) is 3. The molecule has 4 nitrogen and oxygen atoms in total. The highest BCUT2D eigenvalue weighted by atomic mass is 16.5. The average Bonchev–Trinajstić information content (AvgIpc) is 2.38. The Morgan fingerprint density at radius 1 is 1.11 bits per heavy atom. The van der Waals surface area contributed by atoms with E-state index in [1.807, 2.05) is 24.3 Å². The number of benzene rings is 1. The summed E-state index contributed by atoms with van der Waals surface area (Å²) in [4.78, 5) is 22.4. The van der Waals surface area contributed by atoms with Crippen LogP contribution in [0.5, 0.6) is 0 Å². The number of hydrogen-bond donors (Lipinski definition) is 1. The lowest BCUT2D eigenvalue weighted by molar-refractivity contribution is -0.154. The van der Waals surface area contributed by atoms with Crippen molar-refractivity contribution in [3.05, 3.63) is 35.4 Å². The first-order valence-corrected chi connectivity index (χ1v) is 6.20. The van der Waals surface area contributed by atoms with Gasteiger partial charge in [0.1, 0.15) is 0 Å². The quantitative estimate of drug-likeness (QED) is 0.639. The molecule has 0 atom stereocenters. The lowest BCUT2D eigenvalue weighted by atomic mass is 10.1. The summed E-state index contributed by atoms with van der Waals surface area (Å²) in [7, 11) is 0. The number of rotatable bonds is 5. The van der Waals surface area contributed by atoms with Crippen LogP contribution >= 0.6 is 0 Å². The Labute approximate surface area is 107 Å². The molecule has 0 aromatic heterocycles. The lowest BCUT2D eigenvalue weighted by Crippen LogP contribution is -2.32. The lowest BCUT2D eigenvalue weighted by Gasteiger charge is -2.05. The van der Waals surface area contributed by atoms with Crippen molar-refractivity contribution in [2.75, 3.05) is 6.61 Å². The second-order valence-electron chi connectivity index (χ2n) is 3.97. The molecule has 1 rings (SSSR count). The van der Waals surface area contributed by atoms with Crippen LogP contribution in [0.25, 0.3) is 0 Å². The van der Waals surface area contributed by atoms with Crippen molar-refractivity contribution in [3.8, 4) is 0 Å². The maximum Gasteiger partial charge on any atom is 0.396 e. The van der Waals surface area contributed by atoms with Crippen LogP contribution in [0.1, 0.15) is 31.4 Å². The molecule has 1 aromatic rings. The van der Waals surface area contributed by atoms with Crippen LogP contribution in [0.4, 0.5) is 0 Å². The van der Waals surface area contributed by atoms with Gasteiger partial charge in [0.05, 0.1) is 6.61 Å². The van der Waals surface area contributed by atoms with Crippen LogP contribution < -0.4 is 5.32 Å². The summed E-state index contributed by atoms with van der Waals surface area (Å²) in [5.41, 5.74) is 2.24. The van der Waals surface area contributed by atoms with Gasteiger partial charge in [-0.25, -0.2) is 4.79 Å². The third-order valence-corrected chi connectivity index (χ3v) is 2.48. The Hall–Kier alpha value is -1.84. The number of nitrogens with one attached hydrogen (secondary N) is 1. The summed E-state index contributed by atoms with van der Waals surface area (Å²) in [6.45, 7) is 4.34. The maximum absolute atomic E-state index is 11.3. The molecule has 0 aliphatic heterocycles. The number of carbonyl (C=O) groups is 2. The van der Waals surface area contributed by atoms with Gasteiger partial charge in [-0.05, 0) is 24.5 Å². The molecule has 0 unspecified atom stereocenters. The molecule has 98 valence electrons.